The Kier molecular flexibility index (Phi) is 6.55. The summed E-state index contributed by atoms with van der Waals surface area (Å²) < 4.78 is 12.9. The van der Waals surface area contributed by atoms with Crippen molar-refractivity contribution in [3.05, 3.63) is 75.3 Å². The molecule has 0 aliphatic carbocycles. The number of hydrogen-bond donors (Lipinski definition) is 4. The van der Waals surface area contributed by atoms with E-state index in [9.17, 15) is 25.2 Å². The van der Waals surface area contributed by atoms with Gasteiger partial charge >= 0.3 is 5.97 Å². The van der Waals surface area contributed by atoms with Crippen molar-refractivity contribution in [1.29, 1.82) is 0 Å². The van der Waals surface area contributed by atoms with Crippen LogP contribution in [0.2, 0.25) is 10.0 Å². The largest absolute Gasteiger partial charge is 0.479 e. The van der Waals surface area contributed by atoms with E-state index in [-0.39, 0.29) is 5.82 Å². The molecule has 0 spiro atoms. The van der Waals surface area contributed by atoms with Crippen LogP contribution in [0.1, 0.15) is 29.0 Å². The highest BCUT2D eigenvalue weighted by Gasteiger charge is 2.48. The maximum atomic E-state index is 11.6. The lowest BCUT2D eigenvalue weighted by molar-refractivity contribution is -0.305. The first-order valence-electron chi connectivity index (χ1n) is 10.8. The number of carboxylic acid groups (broad SMARTS) is 1. The lowest BCUT2D eigenvalue weighted by Crippen LogP contribution is -2.60. The van der Waals surface area contributed by atoms with Gasteiger partial charge in [0.1, 0.15) is 24.1 Å². The van der Waals surface area contributed by atoms with E-state index in [4.69, 9.17) is 37.7 Å². The van der Waals surface area contributed by atoms with E-state index in [1.165, 1.54) is 0 Å². The monoisotopic (exact) mass is 534 g/mol. The first-order valence-corrected chi connectivity index (χ1v) is 11.6. The van der Waals surface area contributed by atoms with Crippen LogP contribution in [-0.4, -0.2) is 77.6 Å². The number of rotatable bonds is 4. The number of fused-ring (bicyclic) bond motifs is 3. The Hall–Kier alpha value is -2.90. The number of benzene rings is 2. The van der Waals surface area contributed by atoms with Crippen molar-refractivity contribution in [3.8, 4) is 5.69 Å². The quantitative estimate of drug-likeness (QED) is 0.390. The molecule has 0 radical (unpaired) electrons. The minimum Gasteiger partial charge on any atom is -0.479 e. The second kappa shape index (κ2) is 9.52. The maximum absolute atomic E-state index is 11.6. The number of aliphatic hydroxyl groups is 3. The molecule has 5 rings (SSSR count). The minimum absolute atomic E-state index is 0.196. The van der Waals surface area contributed by atoms with Crippen LogP contribution in [0, 0.1) is 6.92 Å². The van der Waals surface area contributed by atoms with Gasteiger partial charge in [-0.25, -0.2) is 9.79 Å². The third-order valence-electron chi connectivity index (χ3n) is 5.98. The van der Waals surface area contributed by atoms with E-state index < -0.39 is 42.9 Å². The zero-order valence-electron chi connectivity index (χ0n) is 18.6. The first-order chi connectivity index (χ1) is 17.2. The number of aliphatic hydroxyl groups excluding tert-OH is 3. The number of hydrogen-bond acceptors (Lipinski definition) is 9. The number of nitrogens with zero attached hydrogens (tertiary/aromatic N) is 4. The van der Waals surface area contributed by atoms with Crippen molar-refractivity contribution in [1.82, 2.24) is 14.8 Å². The Morgan fingerprint density at radius 2 is 1.78 bits per heavy atom. The van der Waals surface area contributed by atoms with Gasteiger partial charge in [0, 0.05) is 21.2 Å². The number of halogens is 2. The van der Waals surface area contributed by atoms with Crippen LogP contribution in [0.5, 0.6) is 0 Å². The average Bonchev–Trinajstić information content (AvgIpc) is 3.17. The molecule has 1 saturated heterocycles. The molecule has 6 atom stereocenters. The molecule has 2 aromatic carbocycles. The van der Waals surface area contributed by atoms with Crippen LogP contribution < -0.4 is 0 Å². The second-order valence-electron chi connectivity index (χ2n) is 8.28. The van der Waals surface area contributed by atoms with Gasteiger partial charge in [0.2, 0.25) is 6.23 Å². The Bertz CT molecular complexity index is 1360. The molecule has 2 unspecified atom stereocenters. The Balaban J connectivity index is 1.66. The Morgan fingerprint density at radius 3 is 2.50 bits per heavy atom. The fourth-order valence-electron chi connectivity index (χ4n) is 4.22. The van der Waals surface area contributed by atoms with Crippen LogP contribution in [-0.2, 0) is 14.3 Å². The SMILES string of the molecule is Cc1nnc2n1-c1ccc(Cl)cc1C(c1ccccc1Cl)=NC2O[C@H]1OC(C(=O)O)[C@H](O)[C@@H](O)[C@H]1O. The van der Waals surface area contributed by atoms with Gasteiger partial charge in [0.05, 0.1) is 11.4 Å². The molecule has 1 aromatic heterocycles. The molecule has 0 amide bonds. The van der Waals surface area contributed by atoms with E-state index in [2.05, 4.69) is 10.2 Å². The summed E-state index contributed by atoms with van der Waals surface area (Å²) >= 11 is 12.8. The molecule has 36 heavy (non-hydrogen) atoms. The smallest absolute Gasteiger partial charge is 0.335 e. The summed E-state index contributed by atoms with van der Waals surface area (Å²) in [6.45, 7) is 1.72. The summed E-state index contributed by atoms with van der Waals surface area (Å²) in [5, 5.41) is 49.3. The van der Waals surface area contributed by atoms with E-state index in [1.807, 2.05) is 0 Å². The summed E-state index contributed by atoms with van der Waals surface area (Å²) in [4.78, 5) is 16.3. The van der Waals surface area contributed by atoms with Crippen molar-refractivity contribution in [3.63, 3.8) is 0 Å². The molecule has 2 aliphatic rings. The fourth-order valence-corrected chi connectivity index (χ4v) is 4.62. The number of aliphatic carboxylic acids is 1. The van der Waals surface area contributed by atoms with Gasteiger partial charge in [-0.3, -0.25) is 4.57 Å². The number of aromatic nitrogens is 3. The molecule has 2 aliphatic heterocycles. The van der Waals surface area contributed by atoms with E-state index >= 15 is 0 Å². The highest BCUT2D eigenvalue weighted by Crippen LogP contribution is 2.36. The van der Waals surface area contributed by atoms with Gasteiger partial charge in [0.25, 0.3) is 0 Å². The third-order valence-corrected chi connectivity index (χ3v) is 6.54. The summed E-state index contributed by atoms with van der Waals surface area (Å²) in [5.41, 5.74) is 2.16. The molecule has 4 N–H and O–H groups in total. The van der Waals surface area contributed by atoms with Crippen molar-refractivity contribution in [2.45, 2.75) is 43.9 Å². The van der Waals surface area contributed by atoms with Gasteiger partial charge in [0.15, 0.2) is 18.2 Å². The van der Waals surface area contributed by atoms with Gasteiger partial charge in [-0.05, 0) is 31.2 Å². The molecule has 1 fully saturated rings. The summed E-state index contributed by atoms with van der Waals surface area (Å²) in [7, 11) is 0. The molecule has 0 bridgehead atoms. The highest BCUT2D eigenvalue weighted by molar-refractivity contribution is 6.36. The van der Waals surface area contributed by atoms with E-state index in [0.717, 1.165) is 0 Å². The van der Waals surface area contributed by atoms with Crippen molar-refractivity contribution in [2.24, 2.45) is 4.99 Å². The van der Waals surface area contributed by atoms with Crippen molar-refractivity contribution >= 4 is 34.9 Å². The molecule has 0 saturated carbocycles. The first kappa shape index (κ1) is 24.8. The Morgan fingerprint density at radius 1 is 1.03 bits per heavy atom. The van der Waals surface area contributed by atoms with Crippen LogP contribution >= 0.6 is 23.2 Å². The Labute approximate surface area is 214 Å². The second-order valence-corrected chi connectivity index (χ2v) is 9.13. The summed E-state index contributed by atoms with van der Waals surface area (Å²) in [6, 6.07) is 12.2. The van der Waals surface area contributed by atoms with Crippen LogP contribution in [0.15, 0.2) is 47.5 Å². The van der Waals surface area contributed by atoms with E-state index in [0.29, 0.717) is 38.4 Å². The molecule has 3 heterocycles. The lowest BCUT2D eigenvalue weighted by Gasteiger charge is -2.39. The van der Waals surface area contributed by atoms with Gasteiger partial charge in [-0.1, -0.05) is 41.4 Å². The lowest BCUT2D eigenvalue weighted by atomic mass is 9.99. The van der Waals surface area contributed by atoms with Crippen LogP contribution in [0.25, 0.3) is 5.69 Å². The normalized spacial score (nSPS) is 27.6. The van der Waals surface area contributed by atoms with Crippen molar-refractivity contribution < 1.29 is 34.7 Å². The third kappa shape index (κ3) is 4.18. The average molecular weight is 535 g/mol. The number of aryl methyl sites for hydroxylation is 1. The molecule has 188 valence electrons. The predicted molar refractivity (Wildman–Crippen MR) is 126 cm³/mol. The standard InChI is InChI=1S/C23H20Cl2N4O7/c1-9-27-28-20-21(36-23-18(32)16(30)17(31)19(35-23)22(33)34)26-15(11-4-2-3-5-13(11)25)12-8-10(24)6-7-14(12)29(9)20/h2-8,16-19,21,23,30-32H,1H3,(H,33,34)/t16-,17-,18-,19?,21?,23-/m1/s1. The maximum Gasteiger partial charge on any atom is 0.335 e. The molecule has 13 heteroatoms. The number of aliphatic imine (C=N–C) groups is 1. The van der Waals surface area contributed by atoms with Gasteiger partial charge < -0.3 is 29.9 Å². The number of ether oxygens (including phenoxy) is 2. The zero-order valence-corrected chi connectivity index (χ0v) is 20.1. The van der Waals surface area contributed by atoms with Gasteiger partial charge in [-0.15, -0.1) is 10.2 Å². The fraction of sp³-hybridized carbons (Fsp3) is 0.304. The van der Waals surface area contributed by atoms with Crippen LogP contribution in [0.4, 0.5) is 0 Å². The minimum atomic E-state index is -1.87. The summed E-state index contributed by atoms with van der Waals surface area (Å²) in [5.74, 6) is -0.854. The topological polar surface area (TPSA) is 160 Å². The summed E-state index contributed by atoms with van der Waals surface area (Å²) in [6.07, 6.45) is -10.3. The molecule has 3 aromatic rings. The molecular formula is C23H20Cl2N4O7. The zero-order chi connectivity index (χ0) is 25.7. The highest BCUT2D eigenvalue weighted by atomic mass is 35.5. The number of carboxylic acids is 1. The predicted octanol–water partition coefficient (Wildman–Crippen LogP) is 1.64. The van der Waals surface area contributed by atoms with Crippen LogP contribution in [0.3, 0.4) is 0 Å². The number of carbonyl (C=O) groups is 1. The van der Waals surface area contributed by atoms with Crippen molar-refractivity contribution in [2.75, 3.05) is 0 Å². The van der Waals surface area contributed by atoms with E-state index in [1.54, 1.807) is 54.0 Å². The molecular weight excluding hydrogens is 515 g/mol. The van der Waals surface area contributed by atoms with Gasteiger partial charge in [-0.2, -0.15) is 0 Å². The molecule has 11 nitrogen and oxygen atoms in total.